The van der Waals surface area contributed by atoms with Gasteiger partial charge in [0.1, 0.15) is 0 Å². The van der Waals surface area contributed by atoms with Gasteiger partial charge in [0.05, 0.1) is 22.4 Å². The molecular weight excluding hydrogens is 961 g/mol. The molecule has 4 aromatic heterocycles. The van der Waals surface area contributed by atoms with Crippen molar-refractivity contribution < 1.29 is 30.0 Å². The fraction of sp³-hybridized carbons (Fsp3) is 0.212. The van der Waals surface area contributed by atoms with Crippen LogP contribution in [0.1, 0.15) is 62.8 Å². The number of hydrogen-bond acceptors (Lipinski definition) is 4. The van der Waals surface area contributed by atoms with E-state index in [4.69, 9.17) is 19.9 Å². The van der Waals surface area contributed by atoms with Crippen molar-refractivity contribution in [1.82, 2.24) is 19.5 Å². The van der Waals surface area contributed by atoms with Crippen molar-refractivity contribution in [2.75, 3.05) is 0 Å². The maximum atomic E-state index is 8.47. The molecule has 5 nitrogen and oxygen atoms in total. The van der Waals surface area contributed by atoms with Crippen molar-refractivity contribution in [2.24, 2.45) is 0 Å². The Kier molecular flexibility index (Phi) is 10.5. The van der Waals surface area contributed by atoms with Gasteiger partial charge in [0.25, 0.3) is 0 Å². The van der Waals surface area contributed by atoms with Crippen molar-refractivity contribution in [3.8, 4) is 39.5 Å². The summed E-state index contributed by atoms with van der Waals surface area (Å²) in [6.07, 6.45) is 1.95. The minimum Gasteiger partial charge on any atom is 0 e. The summed E-state index contributed by atoms with van der Waals surface area (Å²) in [5.41, 5.74) is 11.1. The molecule has 5 aromatic carbocycles. The molecule has 0 bridgehead atoms. The number of furan rings is 1. The molecule has 0 amide bonds. The topological polar surface area (TPSA) is 56.7 Å². The maximum absolute atomic E-state index is 8.47. The monoisotopic (exact) mass is 1020 g/mol. The first-order valence-corrected chi connectivity index (χ1v) is 27.0. The summed E-state index contributed by atoms with van der Waals surface area (Å²) in [5, 5.41) is 1.86. The Hall–Kier alpha value is -5.14. The van der Waals surface area contributed by atoms with Crippen molar-refractivity contribution in [1.29, 1.82) is 0 Å². The summed E-state index contributed by atoms with van der Waals surface area (Å²) in [5.74, 6) is 6.90. The van der Waals surface area contributed by atoms with Crippen LogP contribution in [-0.4, -0.2) is 32.8 Å². The molecule has 0 saturated heterocycles. The Bertz CT molecular complexity index is 2990. The van der Waals surface area contributed by atoms with Crippen molar-refractivity contribution in [3.63, 3.8) is 0 Å². The number of imidazole rings is 1. The molecule has 1 radical (unpaired) electrons. The smallest absolute Gasteiger partial charge is 0 e. The molecule has 7 heteroatoms. The molecule has 0 saturated carbocycles. The van der Waals surface area contributed by atoms with Crippen LogP contribution in [0.3, 0.4) is 0 Å². The molecule has 0 atom stereocenters. The van der Waals surface area contributed by atoms with E-state index in [-0.39, 0.29) is 25.5 Å². The number of benzene rings is 5. The van der Waals surface area contributed by atoms with Crippen LogP contribution in [0.4, 0.5) is 0 Å². The summed E-state index contributed by atoms with van der Waals surface area (Å²) in [7, 11) is 0. The Morgan fingerprint density at radius 3 is 2.27 bits per heavy atom. The van der Waals surface area contributed by atoms with Gasteiger partial charge in [-0.05, 0) is 58.8 Å². The molecule has 0 N–H and O–H groups in total. The van der Waals surface area contributed by atoms with Crippen LogP contribution < -0.4 is 4.40 Å². The standard InChI is InChI=1S/C37H32N3O.C15H18GeN.Ir/c1-23(2)30-20-19-27-26-14-11-15-28(34(26)41-36(27)39-30)35-38-31-16-9-10-17-33(31)40(35)32-21-18-25(37(3,4)5)22-29(32)24-12-7-6-8-13-24;1-12-5-7-13(8-6-12)15-10-9-14(11-17-15)16(2,3)4;/h6-14,16-23H,1-5H3;5-7,9-11H,1-4H3;/q2*-1;/i23D;1D3;. The third kappa shape index (κ3) is 8.63. The van der Waals surface area contributed by atoms with Gasteiger partial charge in [0, 0.05) is 43.8 Å². The fourth-order valence-corrected chi connectivity index (χ4v) is 9.30. The van der Waals surface area contributed by atoms with Gasteiger partial charge in [-0.15, -0.1) is 18.2 Å². The summed E-state index contributed by atoms with van der Waals surface area (Å²) in [6, 6.07) is 48.9. The Morgan fingerprint density at radius 2 is 1.59 bits per heavy atom. The molecule has 0 spiro atoms. The van der Waals surface area contributed by atoms with Gasteiger partial charge in [0.2, 0.25) is 5.71 Å². The molecule has 9 rings (SSSR count). The summed E-state index contributed by atoms with van der Waals surface area (Å²) < 4.78 is 40.6. The van der Waals surface area contributed by atoms with E-state index < -0.39 is 26.0 Å². The Labute approximate surface area is 370 Å². The molecule has 9 aromatic rings. The van der Waals surface area contributed by atoms with E-state index in [1.54, 1.807) is 12.1 Å². The average Bonchev–Trinajstić information content (AvgIpc) is 3.81. The summed E-state index contributed by atoms with van der Waals surface area (Å²) in [6.45, 7) is 8.32. The van der Waals surface area contributed by atoms with Crippen LogP contribution in [0.25, 0.3) is 72.6 Å². The van der Waals surface area contributed by atoms with E-state index in [1.807, 2.05) is 68.6 Å². The van der Waals surface area contributed by atoms with Crippen molar-refractivity contribution in [2.45, 2.75) is 70.0 Å². The molecule has 4 heterocycles. The van der Waals surface area contributed by atoms with Gasteiger partial charge in [-0.1, -0.05) is 94.1 Å². The summed E-state index contributed by atoms with van der Waals surface area (Å²) >= 11 is -1.83. The zero-order chi connectivity index (χ0) is 44.2. The first kappa shape index (κ1) is 36.9. The van der Waals surface area contributed by atoms with Crippen LogP contribution in [-0.2, 0) is 25.5 Å². The molecule has 299 valence electrons. The second-order valence-corrected chi connectivity index (χ2v) is 27.7. The minimum atomic E-state index is -2.08. The van der Waals surface area contributed by atoms with Crippen LogP contribution in [0, 0.1) is 19.0 Å². The third-order valence-electron chi connectivity index (χ3n) is 10.5. The second-order valence-electron chi connectivity index (χ2n) is 17.0. The van der Waals surface area contributed by atoms with Crippen molar-refractivity contribution >= 4 is 50.8 Å². The quantitative estimate of drug-likeness (QED) is 0.123. The van der Waals surface area contributed by atoms with E-state index in [0.717, 1.165) is 61.3 Å². The normalized spacial score (nSPS) is 13.2. The number of nitrogens with zero attached hydrogens (tertiary/aromatic N) is 4. The zero-order valence-corrected chi connectivity index (χ0v) is 39.2. The van der Waals surface area contributed by atoms with E-state index in [1.165, 1.54) is 16.0 Å². The van der Waals surface area contributed by atoms with Gasteiger partial charge in [-0.3, -0.25) is 4.98 Å². The number of rotatable bonds is 6. The molecule has 0 fully saturated rings. The predicted octanol–water partition coefficient (Wildman–Crippen LogP) is 13.3. The number of hydrogen-bond donors (Lipinski definition) is 0. The molecule has 0 unspecified atom stereocenters. The van der Waals surface area contributed by atoms with Gasteiger partial charge in [0.15, 0.2) is 0 Å². The van der Waals surface area contributed by atoms with Crippen LogP contribution in [0.2, 0.25) is 17.3 Å². The Balaban J connectivity index is 0.000000239. The number of fused-ring (bicyclic) bond motifs is 4. The largest absolute Gasteiger partial charge is 0 e. The SMILES string of the molecule is [2H]C(C)(C)c1ccc2c(n1)oc1c(-c3nc4ccccc4n3-c3ccc(C(C)(C)C)cc3-c3ccccc3)[c-]ccc12.[2H]C([2H])([2H])c1c[c-]c(-c2cc[c]([Ge]([CH3])([CH3])[CH3])cn2)cc1.[Ir]. The van der Waals surface area contributed by atoms with Gasteiger partial charge < -0.3 is 8.98 Å². The van der Waals surface area contributed by atoms with E-state index in [2.05, 4.69) is 120 Å². The second kappa shape index (κ2) is 16.8. The van der Waals surface area contributed by atoms with Gasteiger partial charge in [-0.2, -0.15) is 0 Å². The molecule has 0 aliphatic heterocycles. The number of para-hydroxylation sites is 2. The molecular formula is C52H50GeIrN4O-2. The minimum absolute atomic E-state index is 0. The van der Waals surface area contributed by atoms with E-state index in [0.29, 0.717) is 22.6 Å². The molecule has 0 aliphatic rings. The fourth-order valence-electron chi connectivity index (χ4n) is 7.13. The maximum Gasteiger partial charge on any atom is 0 e. The molecule has 59 heavy (non-hydrogen) atoms. The number of aromatic nitrogens is 4. The third-order valence-corrected chi connectivity index (χ3v) is 14.8. The van der Waals surface area contributed by atoms with Crippen molar-refractivity contribution in [3.05, 3.63) is 163 Å². The summed E-state index contributed by atoms with van der Waals surface area (Å²) in [4.78, 5) is 14.4. The van der Waals surface area contributed by atoms with Gasteiger partial charge in [-0.25, -0.2) is 4.98 Å². The average molecular weight is 1020 g/mol. The number of pyridine rings is 2. The predicted molar refractivity (Wildman–Crippen MR) is 245 cm³/mol. The number of aryl methyl sites for hydroxylation is 1. The Morgan fingerprint density at radius 1 is 0.814 bits per heavy atom. The van der Waals surface area contributed by atoms with Gasteiger partial charge >= 0.3 is 110 Å². The zero-order valence-electron chi connectivity index (χ0n) is 38.7. The first-order valence-electron chi connectivity index (χ1n) is 21.7. The van der Waals surface area contributed by atoms with Crippen LogP contribution in [0.15, 0.2) is 138 Å². The van der Waals surface area contributed by atoms with E-state index >= 15 is 0 Å². The van der Waals surface area contributed by atoms with Crippen LogP contribution in [0.5, 0.6) is 0 Å². The van der Waals surface area contributed by atoms with E-state index in [9.17, 15) is 0 Å². The first-order chi connectivity index (χ1) is 29.3. The van der Waals surface area contributed by atoms with Crippen LogP contribution >= 0.6 is 0 Å². The molecule has 0 aliphatic carbocycles.